The van der Waals surface area contributed by atoms with Gasteiger partial charge in [0.2, 0.25) is 3.79 Å². The minimum Gasteiger partial charge on any atom is -0.497 e. The fraction of sp³-hybridized carbons (Fsp3) is 0.176. The minimum atomic E-state index is -1.86. The van der Waals surface area contributed by atoms with Crippen molar-refractivity contribution in [3.63, 3.8) is 0 Å². The second kappa shape index (κ2) is 10.3. The van der Waals surface area contributed by atoms with Crippen molar-refractivity contribution in [3.05, 3.63) is 57.0 Å². The molecule has 3 N–H and O–H groups in total. The van der Waals surface area contributed by atoms with E-state index in [1.54, 1.807) is 49.6 Å². The summed E-state index contributed by atoms with van der Waals surface area (Å²) >= 11 is 30.2. The van der Waals surface area contributed by atoms with E-state index in [2.05, 4.69) is 47.8 Å². The van der Waals surface area contributed by atoms with Gasteiger partial charge >= 0.3 is 0 Å². The number of hydrogen-bond acceptors (Lipinski definition) is 3. The molecule has 150 valence electrons. The minimum absolute atomic E-state index is 0.135. The zero-order valence-corrected chi connectivity index (χ0v) is 20.5. The molecule has 2 rings (SSSR count). The van der Waals surface area contributed by atoms with Crippen molar-refractivity contribution >= 4 is 95.6 Å². The van der Waals surface area contributed by atoms with Gasteiger partial charge in [0.05, 0.1) is 12.8 Å². The standard InChI is InChI=1S/C17H14Br2Cl3N3O2S/c1-27-10-7-11(18)13(12(19)8-10)23-16(28)25-15(17(20,21)22)24-14(26)9-5-3-2-4-6-9/h2-8,15H,1H3,(H,24,26)(H2,23,25,28)/t15-/m0/s1. The maximum Gasteiger partial charge on any atom is 0.252 e. The molecule has 28 heavy (non-hydrogen) atoms. The highest BCUT2D eigenvalue weighted by molar-refractivity contribution is 9.11. The molecule has 0 radical (unpaired) electrons. The van der Waals surface area contributed by atoms with Gasteiger partial charge in [-0.1, -0.05) is 53.0 Å². The number of amides is 1. The largest absolute Gasteiger partial charge is 0.497 e. The van der Waals surface area contributed by atoms with Crippen molar-refractivity contribution < 1.29 is 9.53 Å². The molecule has 0 aliphatic rings. The highest BCUT2D eigenvalue weighted by Gasteiger charge is 2.35. The quantitative estimate of drug-likeness (QED) is 0.239. The van der Waals surface area contributed by atoms with E-state index in [0.29, 0.717) is 25.9 Å². The summed E-state index contributed by atoms with van der Waals surface area (Å²) in [6.45, 7) is 0. The Bertz CT molecular complexity index is 843. The summed E-state index contributed by atoms with van der Waals surface area (Å²) < 4.78 is 4.73. The van der Waals surface area contributed by atoms with E-state index < -0.39 is 15.9 Å². The number of alkyl halides is 3. The van der Waals surface area contributed by atoms with Crippen molar-refractivity contribution in [2.24, 2.45) is 0 Å². The van der Waals surface area contributed by atoms with E-state index in [9.17, 15) is 4.79 Å². The number of anilines is 1. The Balaban J connectivity index is 2.13. The van der Waals surface area contributed by atoms with E-state index in [1.165, 1.54) is 0 Å². The average molecular weight is 591 g/mol. The Kier molecular flexibility index (Phi) is 8.66. The zero-order chi connectivity index (χ0) is 20.9. The predicted octanol–water partition coefficient (Wildman–Crippen LogP) is 5.63. The highest BCUT2D eigenvalue weighted by Crippen LogP contribution is 2.35. The number of benzene rings is 2. The summed E-state index contributed by atoms with van der Waals surface area (Å²) in [5.74, 6) is 0.233. The number of carbonyl (C=O) groups is 1. The van der Waals surface area contributed by atoms with Crippen LogP contribution in [0.1, 0.15) is 10.4 Å². The Labute approximate surface area is 199 Å². The summed E-state index contributed by atoms with van der Waals surface area (Å²) in [7, 11) is 1.56. The number of halogens is 5. The fourth-order valence-corrected chi connectivity index (χ4v) is 3.96. The van der Waals surface area contributed by atoms with Crippen LogP contribution in [-0.4, -0.2) is 28.1 Å². The number of ether oxygens (including phenoxy) is 1. The molecule has 0 spiro atoms. The Morgan fingerprint density at radius 2 is 1.68 bits per heavy atom. The Hall–Kier alpha value is -0.770. The van der Waals surface area contributed by atoms with Crippen LogP contribution in [0, 0.1) is 0 Å². The lowest BCUT2D eigenvalue weighted by Crippen LogP contribution is -2.56. The van der Waals surface area contributed by atoms with Crippen molar-refractivity contribution in [3.8, 4) is 5.75 Å². The number of thiocarbonyl (C=S) groups is 1. The maximum absolute atomic E-state index is 12.4. The Morgan fingerprint density at radius 3 is 2.18 bits per heavy atom. The van der Waals surface area contributed by atoms with Crippen LogP contribution in [-0.2, 0) is 0 Å². The van der Waals surface area contributed by atoms with Gasteiger partial charge in [0, 0.05) is 14.5 Å². The second-order valence-electron chi connectivity index (χ2n) is 5.38. The first kappa shape index (κ1) is 23.5. The van der Waals surface area contributed by atoms with Crippen LogP contribution in [0.5, 0.6) is 5.75 Å². The second-order valence-corrected chi connectivity index (χ2v) is 9.86. The summed E-state index contributed by atoms with van der Waals surface area (Å²) in [5, 5.41) is 8.55. The van der Waals surface area contributed by atoms with E-state index in [0.717, 1.165) is 0 Å². The summed E-state index contributed by atoms with van der Waals surface area (Å²) in [6.07, 6.45) is -1.08. The number of hydrogen-bond donors (Lipinski definition) is 3. The van der Waals surface area contributed by atoms with Crippen LogP contribution in [0.4, 0.5) is 5.69 Å². The molecule has 0 fully saturated rings. The molecular formula is C17H14Br2Cl3N3O2S. The monoisotopic (exact) mass is 587 g/mol. The van der Waals surface area contributed by atoms with E-state index in [4.69, 9.17) is 51.8 Å². The fourth-order valence-electron chi connectivity index (χ4n) is 2.07. The van der Waals surface area contributed by atoms with Crippen molar-refractivity contribution in [1.29, 1.82) is 0 Å². The van der Waals surface area contributed by atoms with Crippen molar-refractivity contribution in [1.82, 2.24) is 10.6 Å². The number of methoxy groups -OCH3 is 1. The van der Waals surface area contributed by atoms with E-state index in [1.807, 2.05) is 0 Å². The molecule has 5 nitrogen and oxygen atoms in total. The van der Waals surface area contributed by atoms with Gasteiger partial charge in [-0.25, -0.2) is 0 Å². The van der Waals surface area contributed by atoms with Gasteiger partial charge in [0.25, 0.3) is 5.91 Å². The van der Waals surface area contributed by atoms with E-state index >= 15 is 0 Å². The van der Waals surface area contributed by atoms with Crippen LogP contribution < -0.4 is 20.7 Å². The first-order chi connectivity index (χ1) is 13.1. The van der Waals surface area contributed by atoms with Crippen LogP contribution in [0.2, 0.25) is 0 Å². The third-order valence-electron chi connectivity index (χ3n) is 3.40. The predicted molar refractivity (Wildman–Crippen MR) is 126 cm³/mol. The first-order valence-electron chi connectivity index (χ1n) is 7.65. The molecule has 0 bridgehead atoms. The van der Waals surface area contributed by atoms with Gasteiger partial charge in [-0.2, -0.15) is 0 Å². The number of carbonyl (C=O) groups excluding carboxylic acids is 1. The summed E-state index contributed by atoms with van der Waals surface area (Å²) in [4.78, 5) is 12.4. The SMILES string of the molecule is COc1cc(Br)c(NC(=S)N[C@H](NC(=O)c2ccccc2)C(Cl)(Cl)Cl)c(Br)c1. The lowest BCUT2D eigenvalue weighted by atomic mass is 10.2. The molecule has 0 heterocycles. The van der Waals surface area contributed by atoms with Crippen molar-refractivity contribution in [2.75, 3.05) is 12.4 Å². The lowest BCUT2D eigenvalue weighted by Gasteiger charge is -2.28. The average Bonchev–Trinajstić information content (AvgIpc) is 2.63. The van der Waals surface area contributed by atoms with E-state index in [-0.39, 0.29) is 5.11 Å². The lowest BCUT2D eigenvalue weighted by molar-refractivity contribution is 0.0934. The molecule has 0 aliphatic carbocycles. The molecule has 11 heteroatoms. The van der Waals surface area contributed by atoms with Crippen LogP contribution in [0.3, 0.4) is 0 Å². The van der Waals surface area contributed by atoms with Crippen molar-refractivity contribution in [2.45, 2.75) is 9.96 Å². The van der Waals surface area contributed by atoms with Crippen LogP contribution >= 0.6 is 78.9 Å². The highest BCUT2D eigenvalue weighted by atomic mass is 79.9. The van der Waals surface area contributed by atoms with Gasteiger partial charge in [-0.05, 0) is 68.3 Å². The summed E-state index contributed by atoms with van der Waals surface area (Å²) in [6, 6.07) is 12.1. The number of nitrogens with one attached hydrogen (secondary N) is 3. The summed E-state index contributed by atoms with van der Waals surface area (Å²) in [5.41, 5.74) is 1.05. The van der Waals surface area contributed by atoms with Gasteiger partial charge < -0.3 is 20.7 Å². The van der Waals surface area contributed by atoms with Crippen LogP contribution in [0.15, 0.2) is 51.4 Å². The number of rotatable bonds is 5. The molecule has 2 aromatic carbocycles. The molecule has 0 saturated carbocycles. The van der Waals surface area contributed by atoms with Gasteiger partial charge in [0.1, 0.15) is 11.9 Å². The van der Waals surface area contributed by atoms with Gasteiger partial charge in [-0.15, -0.1) is 0 Å². The molecule has 2 aromatic rings. The topological polar surface area (TPSA) is 62.4 Å². The third-order valence-corrected chi connectivity index (χ3v) is 5.53. The molecule has 0 unspecified atom stereocenters. The first-order valence-corrected chi connectivity index (χ1v) is 10.8. The van der Waals surface area contributed by atoms with Gasteiger partial charge in [-0.3, -0.25) is 4.79 Å². The maximum atomic E-state index is 12.4. The molecule has 0 saturated heterocycles. The molecular weight excluding hydrogens is 576 g/mol. The molecule has 0 aromatic heterocycles. The Morgan fingerprint density at radius 1 is 1.11 bits per heavy atom. The van der Waals surface area contributed by atoms with Gasteiger partial charge in [0.15, 0.2) is 5.11 Å². The smallest absolute Gasteiger partial charge is 0.252 e. The zero-order valence-electron chi connectivity index (χ0n) is 14.2. The normalized spacial score (nSPS) is 12.1. The molecule has 1 amide bonds. The van der Waals surface area contributed by atoms with Crippen LogP contribution in [0.25, 0.3) is 0 Å². The molecule has 1 atom stereocenters. The third kappa shape index (κ3) is 6.64. The molecule has 0 aliphatic heterocycles.